The van der Waals surface area contributed by atoms with Crippen LogP contribution < -0.4 is 4.90 Å². The average Bonchev–Trinajstić information content (AvgIpc) is 3.12. The van der Waals surface area contributed by atoms with Crippen molar-refractivity contribution in [2.75, 3.05) is 18.0 Å². The molecule has 88 valence electrons. The molecule has 0 atom stereocenters. The summed E-state index contributed by atoms with van der Waals surface area (Å²) < 4.78 is 13.0. The Hall–Kier alpha value is -1.82. The minimum absolute atomic E-state index is 0.362. The van der Waals surface area contributed by atoms with Crippen LogP contribution in [-0.2, 0) is 0 Å². The molecule has 17 heavy (non-hydrogen) atoms. The van der Waals surface area contributed by atoms with Gasteiger partial charge in [-0.05, 0) is 37.0 Å². The Morgan fingerprint density at radius 2 is 2.29 bits per heavy atom. The topological polar surface area (TPSA) is 20.3 Å². The van der Waals surface area contributed by atoms with E-state index in [-0.39, 0.29) is 0 Å². The minimum atomic E-state index is -0.400. The fourth-order valence-corrected chi connectivity index (χ4v) is 1.88. The lowest BCUT2D eigenvalue weighted by atomic mass is 10.1. The zero-order valence-corrected chi connectivity index (χ0v) is 9.53. The first-order valence-corrected chi connectivity index (χ1v) is 5.67. The monoisotopic (exact) mass is 231 g/mol. The molecule has 0 saturated heterocycles. The maximum atomic E-state index is 13.0. The lowest BCUT2D eigenvalue weighted by Gasteiger charge is -2.23. The number of nitrogens with zero attached hydrogens (tertiary/aromatic N) is 1. The molecule has 3 heteroatoms. The van der Waals surface area contributed by atoms with Crippen molar-refractivity contribution in [1.82, 2.24) is 0 Å². The summed E-state index contributed by atoms with van der Waals surface area (Å²) in [6.45, 7) is 1.29. The third kappa shape index (κ3) is 2.85. The van der Waals surface area contributed by atoms with Gasteiger partial charge in [-0.25, -0.2) is 4.39 Å². The van der Waals surface area contributed by atoms with Gasteiger partial charge in [-0.15, -0.1) is 6.42 Å². The van der Waals surface area contributed by atoms with Crippen LogP contribution in [0.25, 0.3) is 0 Å². The van der Waals surface area contributed by atoms with Crippen molar-refractivity contribution in [3.63, 3.8) is 0 Å². The summed E-state index contributed by atoms with van der Waals surface area (Å²) in [5.74, 6) is 2.84. The van der Waals surface area contributed by atoms with Crippen LogP contribution in [0.5, 0.6) is 0 Å². The largest absolute Gasteiger partial charge is 0.360 e. The van der Waals surface area contributed by atoms with Crippen LogP contribution in [0.2, 0.25) is 0 Å². The summed E-state index contributed by atoms with van der Waals surface area (Å²) >= 11 is 0. The van der Waals surface area contributed by atoms with Gasteiger partial charge in [-0.3, -0.25) is 4.79 Å². The van der Waals surface area contributed by atoms with Crippen molar-refractivity contribution in [3.05, 3.63) is 29.6 Å². The van der Waals surface area contributed by atoms with E-state index in [1.807, 2.05) is 4.90 Å². The van der Waals surface area contributed by atoms with Crippen LogP contribution in [0.4, 0.5) is 10.1 Å². The molecule has 1 fully saturated rings. The van der Waals surface area contributed by atoms with E-state index in [1.54, 1.807) is 6.07 Å². The summed E-state index contributed by atoms with van der Waals surface area (Å²) in [4.78, 5) is 12.9. The standard InChI is InChI=1S/C14H14FNO/c1-2-7-16(9-11-3-4-11)14-6-5-13(15)8-12(14)10-17/h1,5-6,8,10-11H,3-4,7,9H2. The zero-order valence-electron chi connectivity index (χ0n) is 9.53. The van der Waals surface area contributed by atoms with Crippen LogP contribution in [0.1, 0.15) is 23.2 Å². The van der Waals surface area contributed by atoms with Crippen molar-refractivity contribution in [3.8, 4) is 12.3 Å². The van der Waals surface area contributed by atoms with Gasteiger partial charge < -0.3 is 4.90 Å². The number of aldehydes is 1. The van der Waals surface area contributed by atoms with Crippen molar-refractivity contribution in [2.24, 2.45) is 5.92 Å². The number of terminal acetylenes is 1. The second kappa shape index (κ2) is 5.01. The Bertz CT molecular complexity index is 460. The Morgan fingerprint density at radius 3 is 2.88 bits per heavy atom. The number of carbonyl (C=O) groups is 1. The molecule has 2 rings (SSSR count). The minimum Gasteiger partial charge on any atom is -0.360 e. The molecular formula is C14H14FNO. The van der Waals surface area contributed by atoms with Gasteiger partial charge in [0.25, 0.3) is 0 Å². The van der Waals surface area contributed by atoms with Crippen molar-refractivity contribution in [2.45, 2.75) is 12.8 Å². The van der Waals surface area contributed by atoms with Gasteiger partial charge in [0.2, 0.25) is 0 Å². The van der Waals surface area contributed by atoms with Gasteiger partial charge >= 0.3 is 0 Å². The Morgan fingerprint density at radius 1 is 1.53 bits per heavy atom. The summed E-state index contributed by atoms with van der Waals surface area (Å²) in [6, 6.07) is 4.23. The van der Waals surface area contributed by atoms with Gasteiger partial charge in [0, 0.05) is 17.8 Å². The van der Waals surface area contributed by atoms with E-state index in [2.05, 4.69) is 5.92 Å². The maximum Gasteiger partial charge on any atom is 0.152 e. The third-order valence-electron chi connectivity index (χ3n) is 2.91. The molecule has 0 amide bonds. The first-order chi connectivity index (χ1) is 8.24. The quantitative estimate of drug-likeness (QED) is 0.573. The van der Waals surface area contributed by atoms with Crippen molar-refractivity contribution >= 4 is 12.0 Å². The van der Waals surface area contributed by atoms with E-state index < -0.39 is 5.82 Å². The summed E-state index contributed by atoms with van der Waals surface area (Å²) in [5.41, 5.74) is 1.09. The molecule has 0 N–H and O–H groups in total. The lowest BCUT2D eigenvalue weighted by molar-refractivity contribution is 0.112. The average molecular weight is 231 g/mol. The predicted molar refractivity (Wildman–Crippen MR) is 65.6 cm³/mol. The molecule has 1 aromatic rings. The van der Waals surface area contributed by atoms with E-state index >= 15 is 0 Å². The predicted octanol–water partition coefficient (Wildman–Crippen LogP) is 2.49. The molecular weight excluding hydrogens is 217 g/mol. The fraction of sp³-hybridized carbons (Fsp3) is 0.357. The summed E-state index contributed by atoms with van der Waals surface area (Å²) in [7, 11) is 0. The van der Waals surface area contributed by atoms with Gasteiger partial charge in [-0.1, -0.05) is 5.92 Å². The molecule has 2 nitrogen and oxygen atoms in total. The lowest BCUT2D eigenvalue weighted by Crippen LogP contribution is -2.27. The second-order valence-corrected chi connectivity index (χ2v) is 4.35. The summed E-state index contributed by atoms with van der Waals surface area (Å²) in [6.07, 6.45) is 8.42. The Labute approximate surface area is 100 Å². The fourth-order valence-electron chi connectivity index (χ4n) is 1.88. The van der Waals surface area contributed by atoms with Gasteiger partial charge in [0.1, 0.15) is 5.82 Å². The number of hydrogen-bond donors (Lipinski definition) is 0. The molecule has 1 aliphatic carbocycles. The third-order valence-corrected chi connectivity index (χ3v) is 2.91. The summed E-state index contributed by atoms with van der Waals surface area (Å²) in [5, 5.41) is 0. The van der Waals surface area contributed by atoms with E-state index in [0.29, 0.717) is 24.3 Å². The van der Waals surface area contributed by atoms with E-state index in [9.17, 15) is 9.18 Å². The van der Waals surface area contributed by atoms with E-state index in [1.165, 1.54) is 25.0 Å². The molecule has 0 aromatic heterocycles. The first kappa shape index (κ1) is 11.7. The van der Waals surface area contributed by atoms with Crippen molar-refractivity contribution in [1.29, 1.82) is 0 Å². The smallest absolute Gasteiger partial charge is 0.152 e. The highest BCUT2D eigenvalue weighted by Crippen LogP contribution is 2.32. The molecule has 1 aromatic carbocycles. The van der Waals surface area contributed by atoms with Gasteiger partial charge in [-0.2, -0.15) is 0 Å². The number of halogens is 1. The number of hydrogen-bond acceptors (Lipinski definition) is 2. The molecule has 0 aliphatic heterocycles. The zero-order chi connectivity index (χ0) is 12.3. The molecule has 1 saturated carbocycles. The molecule has 0 bridgehead atoms. The molecule has 0 spiro atoms. The van der Waals surface area contributed by atoms with Gasteiger partial charge in [0.05, 0.1) is 6.54 Å². The van der Waals surface area contributed by atoms with Crippen LogP contribution >= 0.6 is 0 Å². The van der Waals surface area contributed by atoms with Crippen LogP contribution in [0, 0.1) is 24.1 Å². The number of benzene rings is 1. The molecule has 1 aliphatic rings. The SMILES string of the molecule is C#CCN(CC1CC1)c1ccc(F)cc1C=O. The van der Waals surface area contributed by atoms with Crippen LogP contribution in [-0.4, -0.2) is 19.4 Å². The Kier molecular flexibility index (Phi) is 3.43. The highest BCUT2D eigenvalue weighted by atomic mass is 19.1. The molecule has 0 heterocycles. The number of rotatable bonds is 5. The number of anilines is 1. The Balaban J connectivity index is 2.27. The molecule has 0 unspecified atom stereocenters. The normalized spacial score (nSPS) is 14.1. The number of carbonyl (C=O) groups excluding carboxylic acids is 1. The van der Waals surface area contributed by atoms with Crippen LogP contribution in [0.15, 0.2) is 18.2 Å². The van der Waals surface area contributed by atoms with E-state index in [4.69, 9.17) is 6.42 Å². The van der Waals surface area contributed by atoms with Gasteiger partial charge in [0.15, 0.2) is 6.29 Å². The van der Waals surface area contributed by atoms with Crippen molar-refractivity contribution < 1.29 is 9.18 Å². The second-order valence-electron chi connectivity index (χ2n) is 4.35. The molecule has 0 radical (unpaired) electrons. The first-order valence-electron chi connectivity index (χ1n) is 5.67. The van der Waals surface area contributed by atoms with Crippen LogP contribution in [0.3, 0.4) is 0 Å². The maximum absolute atomic E-state index is 13.0. The highest BCUT2D eigenvalue weighted by Gasteiger charge is 2.25. The highest BCUT2D eigenvalue weighted by molar-refractivity contribution is 5.84. The van der Waals surface area contributed by atoms with E-state index in [0.717, 1.165) is 12.2 Å².